The molecule has 3 aromatic rings. The molecule has 0 aliphatic carbocycles. The number of rotatable bonds is 8. The van der Waals surface area contributed by atoms with E-state index in [9.17, 15) is 18.0 Å². The zero-order valence-electron chi connectivity index (χ0n) is 20.1. The zero-order chi connectivity index (χ0) is 26.7. The molecule has 0 aliphatic rings. The van der Waals surface area contributed by atoms with Crippen LogP contribution in [0.1, 0.15) is 36.8 Å². The van der Waals surface area contributed by atoms with Crippen molar-refractivity contribution >= 4 is 29.3 Å². The molecular weight excluding hydrogens is 521 g/mol. The van der Waals surface area contributed by atoms with E-state index in [2.05, 4.69) is 15.1 Å². The number of carbonyl (C=O) groups is 1. The number of benzene rings is 1. The molecule has 0 fully saturated rings. The van der Waals surface area contributed by atoms with Crippen molar-refractivity contribution in [1.29, 1.82) is 0 Å². The summed E-state index contributed by atoms with van der Waals surface area (Å²) in [6.07, 6.45) is -4.03. The number of methoxy groups -OCH3 is 2. The number of nitrogens with zero attached hydrogens (tertiary/aromatic N) is 4. The Labute approximate surface area is 215 Å². The lowest BCUT2D eigenvalue weighted by molar-refractivity contribution is -0.143. The van der Waals surface area contributed by atoms with E-state index in [1.807, 2.05) is 20.8 Å². The van der Waals surface area contributed by atoms with Crippen molar-refractivity contribution in [3.63, 3.8) is 0 Å². The van der Waals surface area contributed by atoms with Crippen LogP contribution in [0.5, 0.6) is 11.8 Å². The summed E-state index contributed by atoms with van der Waals surface area (Å²) in [4.78, 5) is 21.3. The third kappa shape index (κ3) is 6.61. The van der Waals surface area contributed by atoms with Crippen LogP contribution >= 0.6 is 23.4 Å². The Morgan fingerprint density at radius 2 is 1.67 bits per heavy atom. The molecule has 0 bridgehead atoms. The predicted octanol–water partition coefficient (Wildman–Crippen LogP) is 5.72. The molecule has 8 nitrogen and oxygen atoms in total. The number of carbonyl (C=O) groups excluding carboxylic acids is 1. The second kappa shape index (κ2) is 11.0. The fourth-order valence-corrected chi connectivity index (χ4v) is 4.17. The largest absolute Gasteiger partial charge is 0.481 e. The highest BCUT2D eigenvalue weighted by atomic mass is 35.5. The molecule has 1 atom stereocenters. The summed E-state index contributed by atoms with van der Waals surface area (Å²) >= 11 is 7.02. The first-order chi connectivity index (χ1) is 16.8. The van der Waals surface area contributed by atoms with E-state index in [1.54, 1.807) is 0 Å². The Bertz CT molecular complexity index is 1190. The second-order valence-corrected chi connectivity index (χ2v) is 10.2. The first kappa shape index (κ1) is 27.6. The van der Waals surface area contributed by atoms with Gasteiger partial charge in [-0.3, -0.25) is 0 Å². The molecule has 0 aliphatic heterocycles. The molecular formula is C23H24ClF3N4O4S. The first-order valence-corrected chi connectivity index (χ1v) is 11.8. The van der Waals surface area contributed by atoms with E-state index in [-0.39, 0.29) is 24.1 Å². The lowest BCUT2D eigenvalue weighted by atomic mass is 9.92. The van der Waals surface area contributed by atoms with E-state index >= 15 is 0 Å². The van der Waals surface area contributed by atoms with Crippen molar-refractivity contribution in [2.75, 3.05) is 20.8 Å². The Morgan fingerprint density at radius 1 is 1.08 bits per heavy atom. The van der Waals surface area contributed by atoms with Gasteiger partial charge in [0.1, 0.15) is 12.2 Å². The SMILES string of the molecule is COc1cc(OC)nc(SC(COC(=O)c2cnn(-c3ccc(Cl)cc3)c2C(F)(F)F)C(C)(C)C)n1. The smallest absolute Gasteiger partial charge is 0.434 e. The van der Waals surface area contributed by atoms with Crippen molar-refractivity contribution in [1.82, 2.24) is 19.7 Å². The van der Waals surface area contributed by atoms with Crippen molar-refractivity contribution in [3.05, 3.63) is 52.8 Å². The van der Waals surface area contributed by atoms with Crippen LogP contribution in [0.25, 0.3) is 5.69 Å². The lowest BCUT2D eigenvalue weighted by Gasteiger charge is -2.29. The van der Waals surface area contributed by atoms with Gasteiger partial charge in [0, 0.05) is 5.02 Å². The standard InChI is InChI=1S/C23H24ClF3N4O4S/c1-22(2,3)16(36-21-29-17(33-4)10-18(30-21)34-5)12-35-20(32)15-11-28-31(19(15)23(25,26)27)14-8-6-13(24)7-9-14/h6-11,16H,12H2,1-5H3. The maximum absolute atomic E-state index is 13.9. The average Bonchev–Trinajstić information content (AvgIpc) is 3.27. The van der Waals surface area contributed by atoms with Gasteiger partial charge in [-0.15, -0.1) is 0 Å². The number of ether oxygens (including phenoxy) is 3. The van der Waals surface area contributed by atoms with Crippen LogP contribution in [0.4, 0.5) is 13.2 Å². The fourth-order valence-electron chi connectivity index (χ4n) is 3.01. The van der Waals surface area contributed by atoms with E-state index in [0.29, 0.717) is 14.9 Å². The second-order valence-electron chi connectivity index (χ2n) is 8.60. The van der Waals surface area contributed by atoms with Gasteiger partial charge in [0.2, 0.25) is 11.8 Å². The van der Waals surface area contributed by atoms with Crippen LogP contribution in [-0.2, 0) is 10.9 Å². The summed E-state index contributed by atoms with van der Waals surface area (Å²) in [7, 11) is 2.89. The molecule has 1 unspecified atom stereocenters. The molecule has 0 saturated carbocycles. The summed E-state index contributed by atoms with van der Waals surface area (Å²) < 4.78 is 58.1. The normalized spacial score (nSPS) is 12.8. The van der Waals surface area contributed by atoms with Gasteiger partial charge in [-0.05, 0) is 29.7 Å². The van der Waals surface area contributed by atoms with Gasteiger partial charge >= 0.3 is 12.1 Å². The Balaban J connectivity index is 1.85. The van der Waals surface area contributed by atoms with E-state index in [1.165, 1.54) is 56.3 Å². The van der Waals surface area contributed by atoms with Crippen molar-refractivity contribution in [2.24, 2.45) is 5.41 Å². The van der Waals surface area contributed by atoms with Gasteiger partial charge < -0.3 is 14.2 Å². The molecule has 2 heterocycles. The minimum Gasteiger partial charge on any atom is -0.481 e. The molecule has 0 radical (unpaired) electrons. The van der Waals surface area contributed by atoms with Gasteiger partial charge in [0.25, 0.3) is 0 Å². The monoisotopic (exact) mass is 544 g/mol. The lowest BCUT2D eigenvalue weighted by Crippen LogP contribution is -2.30. The summed E-state index contributed by atoms with van der Waals surface area (Å²) in [5.74, 6) is -0.599. The summed E-state index contributed by atoms with van der Waals surface area (Å²) in [6.45, 7) is 5.49. The van der Waals surface area contributed by atoms with Gasteiger partial charge in [-0.25, -0.2) is 9.48 Å². The van der Waals surface area contributed by atoms with Gasteiger partial charge in [-0.2, -0.15) is 28.2 Å². The molecule has 2 aromatic heterocycles. The Hall–Kier alpha value is -2.99. The predicted molar refractivity (Wildman–Crippen MR) is 128 cm³/mol. The maximum atomic E-state index is 13.9. The van der Waals surface area contributed by atoms with Crippen LogP contribution in [0, 0.1) is 5.41 Å². The number of hydrogen-bond acceptors (Lipinski definition) is 8. The highest BCUT2D eigenvalue weighted by Crippen LogP contribution is 2.37. The summed E-state index contributed by atoms with van der Waals surface area (Å²) in [5.41, 5.74) is -2.28. The minimum absolute atomic E-state index is 0.0954. The molecule has 0 N–H and O–H groups in total. The van der Waals surface area contributed by atoms with Gasteiger partial charge in [0.15, 0.2) is 10.9 Å². The van der Waals surface area contributed by atoms with Crippen molar-refractivity contribution in [3.8, 4) is 17.4 Å². The number of esters is 1. The number of alkyl halides is 3. The minimum atomic E-state index is -4.87. The van der Waals surface area contributed by atoms with E-state index in [0.717, 1.165) is 6.20 Å². The van der Waals surface area contributed by atoms with Crippen LogP contribution in [0.2, 0.25) is 5.02 Å². The molecule has 13 heteroatoms. The molecule has 1 aromatic carbocycles. The third-order valence-electron chi connectivity index (χ3n) is 4.99. The van der Waals surface area contributed by atoms with E-state index < -0.39 is 34.1 Å². The summed E-state index contributed by atoms with van der Waals surface area (Å²) in [5, 5.41) is 4.02. The number of hydrogen-bond donors (Lipinski definition) is 0. The Morgan fingerprint density at radius 3 is 2.17 bits per heavy atom. The zero-order valence-corrected chi connectivity index (χ0v) is 21.7. The highest BCUT2D eigenvalue weighted by Gasteiger charge is 2.41. The van der Waals surface area contributed by atoms with Gasteiger partial charge in [-0.1, -0.05) is 44.1 Å². The number of thioether (sulfide) groups is 1. The summed E-state index contributed by atoms with van der Waals surface area (Å²) in [6, 6.07) is 7.10. The van der Waals surface area contributed by atoms with Crippen LogP contribution < -0.4 is 9.47 Å². The van der Waals surface area contributed by atoms with Crippen molar-refractivity contribution < 1.29 is 32.2 Å². The first-order valence-electron chi connectivity index (χ1n) is 10.6. The van der Waals surface area contributed by atoms with E-state index in [4.69, 9.17) is 25.8 Å². The molecule has 194 valence electrons. The molecule has 0 saturated heterocycles. The molecule has 0 spiro atoms. The number of halogens is 4. The van der Waals surface area contributed by atoms with Crippen LogP contribution in [0.3, 0.4) is 0 Å². The Kier molecular flexibility index (Phi) is 8.40. The topological polar surface area (TPSA) is 88.4 Å². The molecule has 36 heavy (non-hydrogen) atoms. The van der Waals surface area contributed by atoms with Crippen LogP contribution in [-0.4, -0.2) is 51.8 Å². The quantitative estimate of drug-likeness (QED) is 0.202. The number of aromatic nitrogens is 4. The highest BCUT2D eigenvalue weighted by molar-refractivity contribution is 7.99. The van der Waals surface area contributed by atoms with Gasteiger partial charge in [0.05, 0.1) is 37.4 Å². The molecule has 0 amide bonds. The maximum Gasteiger partial charge on any atom is 0.434 e. The third-order valence-corrected chi connectivity index (χ3v) is 6.76. The van der Waals surface area contributed by atoms with Crippen molar-refractivity contribution in [2.45, 2.75) is 37.4 Å². The van der Waals surface area contributed by atoms with Crippen LogP contribution in [0.15, 0.2) is 41.7 Å². The fraction of sp³-hybridized carbons (Fsp3) is 0.391. The molecule has 3 rings (SSSR count). The average molecular weight is 545 g/mol.